The molecule has 0 saturated carbocycles. The second-order valence-electron chi connectivity index (χ2n) is 4.10. The van der Waals surface area contributed by atoms with Gasteiger partial charge < -0.3 is 0 Å². The zero-order valence-electron chi connectivity index (χ0n) is 10.5. The zero-order valence-corrected chi connectivity index (χ0v) is 10.5. The minimum Gasteiger partial charge on any atom is -0.298 e. The number of carbonyl (C=O) groups excluding carboxylic acids is 1. The van der Waals surface area contributed by atoms with E-state index in [1.54, 1.807) is 0 Å². The van der Waals surface area contributed by atoms with Crippen molar-refractivity contribution in [3.05, 3.63) is 65.5 Å². The van der Waals surface area contributed by atoms with Gasteiger partial charge in [0.25, 0.3) is 5.91 Å². The van der Waals surface area contributed by atoms with Crippen molar-refractivity contribution in [2.75, 3.05) is 5.43 Å². The third kappa shape index (κ3) is 3.50. The molecule has 0 aliphatic carbocycles. The molecule has 2 aromatic rings. The summed E-state index contributed by atoms with van der Waals surface area (Å²) in [5.74, 6) is -1.63. The number of anilines is 1. The van der Waals surface area contributed by atoms with Gasteiger partial charge in [-0.25, -0.2) is 4.39 Å². The third-order valence-electron chi connectivity index (χ3n) is 2.66. The molecule has 0 heterocycles. The van der Waals surface area contributed by atoms with E-state index in [-0.39, 0.29) is 11.3 Å². The first-order valence-electron chi connectivity index (χ1n) is 5.86. The highest BCUT2D eigenvalue weighted by molar-refractivity contribution is 5.95. The average molecular weight is 298 g/mol. The average Bonchev–Trinajstić information content (AvgIpc) is 2.44. The van der Waals surface area contributed by atoms with Gasteiger partial charge in [0.1, 0.15) is 5.82 Å². The fourth-order valence-corrected chi connectivity index (χ4v) is 1.68. The lowest BCUT2D eigenvalue weighted by Crippen LogP contribution is -2.31. The third-order valence-corrected chi connectivity index (χ3v) is 2.66. The summed E-state index contributed by atoms with van der Waals surface area (Å²) in [5.41, 5.74) is 2.67. The second-order valence-corrected chi connectivity index (χ2v) is 4.10. The molecule has 7 heteroatoms. The summed E-state index contributed by atoms with van der Waals surface area (Å²) >= 11 is 0. The van der Waals surface area contributed by atoms with E-state index >= 15 is 0 Å². The fourth-order valence-electron chi connectivity index (χ4n) is 1.68. The molecule has 0 bridgehead atoms. The highest BCUT2D eigenvalue weighted by Gasteiger charge is 2.33. The number of hydrazine groups is 1. The standard InChI is InChI=1S/C14H10F4N2O/c15-11-7-3-1-5-9(11)13(21)20-19-12-8-4-2-6-10(12)14(16,17)18/h1-8,19H,(H,20,21). The molecule has 0 aromatic heterocycles. The molecular weight excluding hydrogens is 288 g/mol. The number of halogens is 4. The molecule has 0 unspecified atom stereocenters. The Labute approximate surface area is 117 Å². The lowest BCUT2D eigenvalue weighted by molar-refractivity contribution is -0.137. The zero-order chi connectivity index (χ0) is 15.5. The van der Waals surface area contributed by atoms with Crippen LogP contribution in [0, 0.1) is 5.82 Å². The van der Waals surface area contributed by atoms with Crippen LogP contribution in [0.1, 0.15) is 15.9 Å². The van der Waals surface area contributed by atoms with Crippen molar-refractivity contribution in [1.29, 1.82) is 0 Å². The summed E-state index contributed by atoms with van der Waals surface area (Å²) in [6, 6.07) is 9.79. The van der Waals surface area contributed by atoms with E-state index in [1.807, 2.05) is 5.43 Å². The molecule has 3 nitrogen and oxygen atoms in total. The van der Waals surface area contributed by atoms with Crippen molar-refractivity contribution in [3.63, 3.8) is 0 Å². The predicted octanol–water partition coefficient (Wildman–Crippen LogP) is 3.60. The number of para-hydroxylation sites is 1. The van der Waals surface area contributed by atoms with Crippen LogP contribution in [0.4, 0.5) is 23.2 Å². The summed E-state index contributed by atoms with van der Waals surface area (Å²) in [6.07, 6.45) is -4.56. The predicted molar refractivity (Wildman–Crippen MR) is 68.9 cm³/mol. The number of hydrogen-bond acceptors (Lipinski definition) is 2. The van der Waals surface area contributed by atoms with E-state index in [1.165, 1.54) is 30.3 Å². The Hall–Kier alpha value is -2.57. The van der Waals surface area contributed by atoms with Crippen LogP contribution in [0.25, 0.3) is 0 Å². The number of hydrogen-bond donors (Lipinski definition) is 2. The van der Waals surface area contributed by atoms with Gasteiger partial charge in [0.05, 0.1) is 16.8 Å². The van der Waals surface area contributed by atoms with Crippen molar-refractivity contribution in [2.45, 2.75) is 6.18 Å². The van der Waals surface area contributed by atoms with Gasteiger partial charge in [-0.1, -0.05) is 24.3 Å². The van der Waals surface area contributed by atoms with Crippen LogP contribution in [0.3, 0.4) is 0 Å². The lowest BCUT2D eigenvalue weighted by Gasteiger charge is -2.15. The SMILES string of the molecule is O=C(NNc1ccccc1C(F)(F)F)c1ccccc1F. The van der Waals surface area contributed by atoms with Gasteiger partial charge in [-0.2, -0.15) is 13.2 Å². The highest BCUT2D eigenvalue weighted by atomic mass is 19.4. The first-order valence-corrected chi connectivity index (χ1v) is 5.86. The van der Waals surface area contributed by atoms with Crippen molar-refractivity contribution in [1.82, 2.24) is 5.43 Å². The summed E-state index contributed by atoms with van der Waals surface area (Å²) in [5, 5.41) is 0. The Morgan fingerprint density at radius 1 is 0.952 bits per heavy atom. The smallest absolute Gasteiger partial charge is 0.298 e. The highest BCUT2D eigenvalue weighted by Crippen LogP contribution is 2.34. The number of carbonyl (C=O) groups is 1. The lowest BCUT2D eigenvalue weighted by atomic mass is 10.2. The van der Waals surface area contributed by atoms with Crippen LogP contribution >= 0.6 is 0 Å². The van der Waals surface area contributed by atoms with Crippen LogP contribution in [0.5, 0.6) is 0 Å². The number of rotatable bonds is 3. The summed E-state index contributed by atoms with van der Waals surface area (Å²) < 4.78 is 51.6. The Bertz CT molecular complexity index is 655. The Kier molecular flexibility index (Phi) is 4.11. The molecule has 2 N–H and O–H groups in total. The van der Waals surface area contributed by atoms with E-state index in [2.05, 4.69) is 5.43 Å². The molecule has 2 aromatic carbocycles. The molecule has 2 rings (SSSR count). The van der Waals surface area contributed by atoms with Crippen molar-refractivity contribution in [3.8, 4) is 0 Å². The van der Waals surface area contributed by atoms with E-state index in [9.17, 15) is 22.4 Å². The molecular formula is C14H10F4N2O. The second kappa shape index (κ2) is 5.82. The molecule has 0 atom stereocenters. The monoisotopic (exact) mass is 298 g/mol. The minimum absolute atomic E-state index is 0.269. The normalized spacial score (nSPS) is 11.0. The molecule has 0 aliphatic rings. The number of alkyl halides is 3. The first kappa shape index (κ1) is 14.8. The van der Waals surface area contributed by atoms with Gasteiger partial charge in [0.2, 0.25) is 0 Å². The van der Waals surface area contributed by atoms with Crippen LogP contribution in [0.2, 0.25) is 0 Å². The first-order chi connectivity index (χ1) is 9.89. The molecule has 21 heavy (non-hydrogen) atoms. The molecule has 110 valence electrons. The van der Waals surface area contributed by atoms with Crippen molar-refractivity contribution < 1.29 is 22.4 Å². The molecule has 0 saturated heterocycles. The molecule has 0 spiro atoms. The van der Waals surface area contributed by atoms with Crippen LogP contribution < -0.4 is 10.9 Å². The Balaban J connectivity index is 2.14. The Morgan fingerprint density at radius 3 is 2.24 bits per heavy atom. The maximum atomic E-state index is 13.4. The van der Waals surface area contributed by atoms with E-state index in [0.29, 0.717) is 0 Å². The quantitative estimate of drug-likeness (QED) is 0.671. The number of nitrogens with one attached hydrogen (secondary N) is 2. The Morgan fingerprint density at radius 2 is 1.57 bits per heavy atom. The van der Waals surface area contributed by atoms with Gasteiger partial charge in [-0.05, 0) is 24.3 Å². The van der Waals surface area contributed by atoms with Gasteiger partial charge in [-0.3, -0.25) is 15.6 Å². The minimum atomic E-state index is -4.56. The summed E-state index contributed by atoms with van der Waals surface area (Å²) in [7, 11) is 0. The van der Waals surface area contributed by atoms with Crippen LogP contribution in [-0.4, -0.2) is 5.91 Å². The number of amides is 1. The molecule has 0 aliphatic heterocycles. The summed E-state index contributed by atoms with van der Waals surface area (Å²) in [6.45, 7) is 0. The van der Waals surface area contributed by atoms with Crippen molar-refractivity contribution >= 4 is 11.6 Å². The van der Waals surface area contributed by atoms with E-state index in [4.69, 9.17) is 0 Å². The van der Waals surface area contributed by atoms with Gasteiger partial charge >= 0.3 is 6.18 Å². The van der Waals surface area contributed by atoms with Crippen molar-refractivity contribution in [2.24, 2.45) is 0 Å². The topological polar surface area (TPSA) is 41.1 Å². The van der Waals surface area contributed by atoms with E-state index in [0.717, 1.165) is 18.2 Å². The molecule has 1 amide bonds. The maximum Gasteiger partial charge on any atom is 0.418 e. The maximum absolute atomic E-state index is 13.4. The largest absolute Gasteiger partial charge is 0.418 e. The van der Waals surface area contributed by atoms with Crippen LogP contribution in [0.15, 0.2) is 48.5 Å². The molecule has 0 radical (unpaired) electrons. The molecule has 0 fully saturated rings. The van der Waals surface area contributed by atoms with Crippen LogP contribution in [-0.2, 0) is 6.18 Å². The van der Waals surface area contributed by atoms with Gasteiger partial charge in [0.15, 0.2) is 0 Å². The van der Waals surface area contributed by atoms with Gasteiger partial charge in [-0.15, -0.1) is 0 Å². The summed E-state index contributed by atoms with van der Waals surface area (Å²) in [4.78, 5) is 11.7. The van der Waals surface area contributed by atoms with Gasteiger partial charge in [0, 0.05) is 0 Å². The number of benzene rings is 2. The fraction of sp³-hybridized carbons (Fsp3) is 0.0714. The van der Waals surface area contributed by atoms with E-state index < -0.39 is 23.5 Å².